The number of aryl methyl sites for hydroxylation is 1. The number of esters is 1. The van der Waals surface area contributed by atoms with Crippen molar-refractivity contribution < 1.29 is 9.53 Å². The quantitative estimate of drug-likeness (QED) is 0.652. The van der Waals surface area contributed by atoms with Crippen LogP contribution in [-0.2, 0) is 23.1 Å². The van der Waals surface area contributed by atoms with Crippen molar-refractivity contribution >= 4 is 5.97 Å². The molecule has 0 fully saturated rings. The highest BCUT2D eigenvalue weighted by Crippen LogP contribution is 2.03. The molecule has 0 spiro atoms. The van der Waals surface area contributed by atoms with E-state index >= 15 is 0 Å². The average Bonchev–Trinajstić information content (AvgIpc) is 2.63. The van der Waals surface area contributed by atoms with Gasteiger partial charge in [-0.2, -0.15) is 4.80 Å². The van der Waals surface area contributed by atoms with Gasteiger partial charge in [-0.3, -0.25) is 9.69 Å². The van der Waals surface area contributed by atoms with E-state index in [1.54, 1.807) is 14.0 Å². The van der Waals surface area contributed by atoms with Crippen LogP contribution in [0.1, 0.15) is 26.6 Å². The Kier molecular flexibility index (Phi) is 5.02. The van der Waals surface area contributed by atoms with Crippen LogP contribution in [0.4, 0.5) is 0 Å². The Balaban J connectivity index is 2.57. The van der Waals surface area contributed by atoms with Crippen molar-refractivity contribution in [1.82, 2.24) is 25.1 Å². The van der Waals surface area contributed by atoms with Crippen molar-refractivity contribution in [3.05, 3.63) is 5.82 Å². The zero-order chi connectivity index (χ0) is 12.8. The van der Waals surface area contributed by atoms with E-state index in [1.165, 1.54) is 4.80 Å². The molecule has 0 bridgehead atoms. The fraction of sp³-hybridized carbons (Fsp3) is 0.800. The monoisotopic (exact) mass is 241 g/mol. The minimum atomic E-state index is -0.231. The fourth-order valence-electron chi connectivity index (χ4n) is 1.36. The largest absolute Gasteiger partial charge is 0.465 e. The molecule has 7 nitrogen and oxygen atoms in total. The van der Waals surface area contributed by atoms with E-state index in [0.29, 0.717) is 19.0 Å². The lowest BCUT2D eigenvalue weighted by atomic mass is 10.3. The Morgan fingerprint density at radius 3 is 2.71 bits per heavy atom. The van der Waals surface area contributed by atoms with Gasteiger partial charge in [-0.1, -0.05) is 0 Å². The summed E-state index contributed by atoms with van der Waals surface area (Å²) in [6.45, 7) is 6.94. The second-order valence-electron chi connectivity index (χ2n) is 4.00. The Morgan fingerprint density at radius 2 is 2.24 bits per heavy atom. The van der Waals surface area contributed by atoms with Crippen LogP contribution in [0, 0.1) is 0 Å². The highest BCUT2D eigenvalue weighted by atomic mass is 16.5. The van der Waals surface area contributed by atoms with Crippen LogP contribution in [0.5, 0.6) is 0 Å². The normalized spacial score (nSPS) is 11.2. The maximum atomic E-state index is 11.4. The van der Waals surface area contributed by atoms with Crippen LogP contribution in [0.15, 0.2) is 0 Å². The number of ether oxygens (including phenoxy) is 1. The topological polar surface area (TPSA) is 73.1 Å². The second kappa shape index (κ2) is 6.29. The van der Waals surface area contributed by atoms with Gasteiger partial charge < -0.3 is 4.74 Å². The summed E-state index contributed by atoms with van der Waals surface area (Å²) in [5.74, 6) is 0.371. The van der Waals surface area contributed by atoms with E-state index in [4.69, 9.17) is 4.74 Å². The third-order valence-electron chi connectivity index (χ3n) is 2.26. The van der Waals surface area contributed by atoms with Crippen molar-refractivity contribution in [3.63, 3.8) is 0 Å². The van der Waals surface area contributed by atoms with Crippen LogP contribution in [0.25, 0.3) is 0 Å². The molecule has 0 N–H and O–H groups in total. The van der Waals surface area contributed by atoms with E-state index in [-0.39, 0.29) is 18.6 Å². The summed E-state index contributed by atoms with van der Waals surface area (Å²) in [7, 11) is 1.71. The molecule has 0 aromatic carbocycles. The summed E-state index contributed by atoms with van der Waals surface area (Å²) >= 11 is 0. The zero-order valence-corrected chi connectivity index (χ0v) is 10.8. The lowest BCUT2D eigenvalue weighted by Crippen LogP contribution is -2.36. The van der Waals surface area contributed by atoms with Gasteiger partial charge in [0.1, 0.15) is 0 Å². The Bertz CT molecular complexity index is 363. The molecular formula is C10H19N5O2. The number of hydrogen-bond donors (Lipinski definition) is 0. The first-order valence-electron chi connectivity index (χ1n) is 5.65. The Morgan fingerprint density at radius 1 is 1.53 bits per heavy atom. The molecule has 17 heavy (non-hydrogen) atoms. The van der Waals surface area contributed by atoms with Gasteiger partial charge in [0.25, 0.3) is 0 Å². The highest BCUT2D eigenvalue weighted by molar-refractivity contribution is 5.71. The average molecular weight is 241 g/mol. The predicted molar refractivity (Wildman–Crippen MR) is 61.0 cm³/mol. The summed E-state index contributed by atoms with van der Waals surface area (Å²) in [6, 6.07) is 0.211. The van der Waals surface area contributed by atoms with Crippen LogP contribution < -0.4 is 0 Å². The summed E-state index contributed by atoms with van der Waals surface area (Å²) in [4.78, 5) is 14.8. The zero-order valence-electron chi connectivity index (χ0n) is 10.8. The lowest BCUT2D eigenvalue weighted by molar-refractivity contribution is -0.145. The smallest absolute Gasteiger partial charge is 0.320 e. The number of carbonyl (C=O) groups is 1. The van der Waals surface area contributed by atoms with Gasteiger partial charge in [0.2, 0.25) is 0 Å². The third-order valence-corrected chi connectivity index (χ3v) is 2.26. The minimum absolute atomic E-state index is 0.211. The van der Waals surface area contributed by atoms with Crippen molar-refractivity contribution in [3.8, 4) is 0 Å². The maximum absolute atomic E-state index is 11.4. The molecule has 0 aliphatic carbocycles. The SMILES string of the molecule is CCOC(=O)CN(Cc1nnn(C)n1)C(C)C. The lowest BCUT2D eigenvalue weighted by Gasteiger charge is -2.23. The molecule has 96 valence electrons. The van der Waals surface area contributed by atoms with E-state index in [0.717, 1.165) is 0 Å². The number of tetrazole rings is 1. The van der Waals surface area contributed by atoms with Gasteiger partial charge in [-0.05, 0) is 26.0 Å². The molecule has 1 heterocycles. The molecular weight excluding hydrogens is 222 g/mol. The molecule has 1 rings (SSSR count). The number of hydrogen-bond acceptors (Lipinski definition) is 6. The fourth-order valence-corrected chi connectivity index (χ4v) is 1.36. The van der Waals surface area contributed by atoms with E-state index < -0.39 is 0 Å². The summed E-state index contributed by atoms with van der Waals surface area (Å²) < 4.78 is 4.92. The Labute approximate surface area is 101 Å². The van der Waals surface area contributed by atoms with E-state index in [1.807, 2.05) is 18.7 Å². The maximum Gasteiger partial charge on any atom is 0.320 e. The standard InChI is InChI=1S/C10H19N5O2/c1-5-17-10(16)7-15(8(2)3)6-9-11-13-14(4)12-9/h8H,5-7H2,1-4H3. The number of nitrogens with zero attached hydrogens (tertiary/aromatic N) is 5. The molecule has 1 aromatic rings. The van der Waals surface area contributed by atoms with Gasteiger partial charge in [0.05, 0.1) is 26.7 Å². The molecule has 0 aliphatic heterocycles. The molecule has 0 aliphatic rings. The van der Waals surface area contributed by atoms with Gasteiger partial charge >= 0.3 is 5.97 Å². The molecule has 0 saturated heterocycles. The first-order valence-corrected chi connectivity index (χ1v) is 5.65. The van der Waals surface area contributed by atoms with Crippen molar-refractivity contribution in [2.45, 2.75) is 33.4 Å². The van der Waals surface area contributed by atoms with E-state index in [2.05, 4.69) is 15.4 Å². The molecule has 1 aromatic heterocycles. The highest BCUT2D eigenvalue weighted by Gasteiger charge is 2.17. The van der Waals surface area contributed by atoms with Gasteiger partial charge in [-0.25, -0.2) is 0 Å². The van der Waals surface area contributed by atoms with Crippen LogP contribution in [0.3, 0.4) is 0 Å². The number of rotatable bonds is 6. The van der Waals surface area contributed by atoms with Gasteiger partial charge in [0, 0.05) is 6.04 Å². The van der Waals surface area contributed by atoms with Gasteiger partial charge in [0.15, 0.2) is 5.82 Å². The van der Waals surface area contributed by atoms with Crippen molar-refractivity contribution in [1.29, 1.82) is 0 Å². The van der Waals surface area contributed by atoms with Crippen molar-refractivity contribution in [2.75, 3.05) is 13.2 Å². The molecule has 0 amide bonds. The molecule has 7 heteroatoms. The second-order valence-corrected chi connectivity index (χ2v) is 4.00. The summed E-state index contributed by atoms with van der Waals surface area (Å²) in [6.07, 6.45) is 0. The minimum Gasteiger partial charge on any atom is -0.465 e. The number of aromatic nitrogens is 4. The van der Waals surface area contributed by atoms with Crippen LogP contribution in [0.2, 0.25) is 0 Å². The van der Waals surface area contributed by atoms with Crippen molar-refractivity contribution in [2.24, 2.45) is 7.05 Å². The first-order chi connectivity index (χ1) is 8.02. The molecule has 0 saturated carbocycles. The summed E-state index contributed by atoms with van der Waals surface area (Å²) in [5, 5.41) is 11.7. The summed E-state index contributed by atoms with van der Waals surface area (Å²) in [5.41, 5.74) is 0. The molecule has 0 atom stereocenters. The molecule has 0 unspecified atom stereocenters. The molecule has 0 radical (unpaired) electrons. The van der Waals surface area contributed by atoms with Crippen LogP contribution in [-0.4, -0.2) is 50.3 Å². The van der Waals surface area contributed by atoms with Crippen LogP contribution >= 0.6 is 0 Å². The van der Waals surface area contributed by atoms with Gasteiger partial charge in [-0.15, -0.1) is 10.2 Å². The van der Waals surface area contributed by atoms with E-state index in [9.17, 15) is 4.79 Å². The Hall–Kier alpha value is -1.50. The first kappa shape index (κ1) is 13.6. The number of carbonyl (C=O) groups excluding carboxylic acids is 1. The predicted octanol–water partition coefficient (Wildman–Crippen LogP) is -0.0164. The third kappa shape index (κ3) is 4.48.